The zero-order chi connectivity index (χ0) is 13.9. The Morgan fingerprint density at radius 3 is 2.90 bits per heavy atom. The number of pyridine rings is 1. The summed E-state index contributed by atoms with van der Waals surface area (Å²) in [5, 5.41) is 4.58. The number of nitrogens with one attached hydrogen (secondary N) is 1. The van der Waals surface area contributed by atoms with Gasteiger partial charge in [-0.1, -0.05) is 17.8 Å². The topological polar surface area (TPSA) is 24.9 Å². The van der Waals surface area contributed by atoms with Gasteiger partial charge in [-0.05, 0) is 71.1 Å². The Hall–Kier alpha value is -0.840. The van der Waals surface area contributed by atoms with Crippen LogP contribution in [0.1, 0.15) is 24.0 Å². The minimum Gasteiger partial charge on any atom is -0.310 e. The average molecular weight is 349 g/mol. The monoisotopic (exact) mass is 348 g/mol. The number of hydrogen-bond donors (Lipinski definition) is 1. The molecule has 1 aliphatic rings. The van der Waals surface area contributed by atoms with Crippen LogP contribution in [0.3, 0.4) is 0 Å². The van der Waals surface area contributed by atoms with Crippen molar-refractivity contribution in [3.05, 3.63) is 52.1 Å². The molecule has 1 fully saturated rings. The third-order valence-electron chi connectivity index (χ3n) is 3.41. The van der Waals surface area contributed by atoms with Gasteiger partial charge in [0.15, 0.2) is 0 Å². The summed E-state index contributed by atoms with van der Waals surface area (Å²) in [6.07, 6.45) is 4.50. The maximum atomic E-state index is 4.40. The minimum absolute atomic E-state index is 0.757. The first-order valence-corrected chi connectivity index (χ1v) is 8.44. The standard InChI is InChI=1S/C16H17BrN2S/c1-11-9-14(20-16-15(17)3-2-8-18-16)7-4-12(11)10-19-13-5-6-13/h2-4,7-9,13,19H,5-6,10H2,1H3. The number of aromatic nitrogens is 1. The van der Waals surface area contributed by atoms with E-state index in [9.17, 15) is 0 Å². The molecule has 0 aliphatic heterocycles. The number of benzene rings is 1. The summed E-state index contributed by atoms with van der Waals surface area (Å²) < 4.78 is 1.04. The van der Waals surface area contributed by atoms with E-state index in [2.05, 4.69) is 51.4 Å². The van der Waals surface area contributed by atoms with E-state index in [1.54, 1.807) is 11.8 Å². The van der Waals surface area contributed by atoms with Gasteiger partial charge in [-0.2, -0.15) is 0 Å². The van der Waals surface area contributed by atoms with Crippen LogP contribution in [0.25, 0.3) is 0 Å². The highest BCUT2D eigenvalue weighted by molar-refractivity contribution is 9.10. The van der Waals surface area contributed by atoms with Crippen LogP contribution in [0, 0.1) is 6.92 Å². The van der Waals surface area contributed by atoms with Crippen molar-refractivity contribution in [2.24, 2.45) is 0 Å². The lowest BCUT2D eigenvalue weighted by Gasteiger charge is -2.09. The lowest BCUT2D eigenvalue weighted by atomic mass is 10.1. The zero-order valence-corrected chi connectivity index (χ0v) is 13.8. The summed E-state index contributed by atoms with van der Waals surface area (Å²) in [6, 6.07) is 11.4. The van der Waals surface area contributed by atoms with Crippen LogP contribution in [0.15, 0.2) is 50.9 Å². The van der Waals surface area contributed by atoms with Crippen LogP contribution in [-0.2, 0) is 6.54 Å². The van der Waals surface area contributed by atoms with Crippen molar-refractivity contribution in [2.45, 2.75) is 42.3 Å². The number of hydrogen-bond acceptors (Lipinski definition) is 3. The van der Waals surface area contributed by atoms with Crippen molar-refractivity contribution in [3.63, 3.8) is 0 Å². The summed E-state index contributed by atoms with van der Waals surface area (Å²) in [5.41, 5.74) is 2.73. The van der Waals surface area contributed by atoms with E-state index < -0.39 is 0 Å². The molecular formula is C16H17BrN2S. The Balaban J connectivity index is 1.71. The molecule has 1 aliphatic carbocycles. The van der Waals surface area contributed by atoms with Gasteiger partial charge >= 0.3 is 0 Å². The maximum absolute atomic E-state index is 4.40. The van der Waals surface area contributed by atoms with Gasteiger partial charge in [0.1, 0.15) is 5.03 Å². The second-order valence-corrected chi connectivity index (χ2v) is 7.05. The lowest BCUT2D eigenvalue weighted by molar-refractivity contribution is 0.685. The predicted octanol–water partition coefficient (Wildman–Crippen LogP) is 4.56. The summed E-state index contributed by atoms with van der Waals surface area (Å²) in [6.45, 7) is 3.16. The molecule has 0 atom stereocenters. The van der Waals surface area contributed by atoms with Crippen LogP contribution in [0.2, 0.25) is 0 Å². The van der Waals surface area contributed by atoms with Crippen LogP contribution in [0.5, 0.6) is 0 Å². The van der Waals surface area contributed by atoms with E-state index in [4.69, 9.17) is 0 Å². The van der Waals surface area contributed by atoms with Crippen LogP contribution < -0.4 is 5.32 Å². The quantitative estimate of drug-likeness (QED) is 0.857. The van der Waals surface area contributed by atoms with E-state index in [0.29, 0.717) is 0 Å². The molecule has 0 radical (unpaired) electrons. The molecule has 104 valence electrons. The predicted molar refractivity (Wildman–Crippen MR) is 87.1 cm³/mol. The fourth-order valence-corrected chi connectivity index (χ4v) is 3.40. The molecule has 1 saturated carbocycles. The molecule has 3 rings (SSSR count). The molecule has 2 aromatic rings. The van der Waals surface area contributed by atoms with Gasteiger partial charge in [0.05, 0.1) is 4.47 Å². The Bertz CT molecular complexity index is 611. The molecule has 0 saturated heterocycles. The van der Waals surface area contributed by atoms with Gasteiger partial charge < -0.3 is 5.32 Å². The SMILES string of the molecule is Cc1cc(Sc2ncccc2Br)ccc1CNC1CC1. The van der Waals surface area contributed by atoms with E-state index in [1.165, 1.54) is 28.9 Å². The number of aryl methyl sites for hydroxylation is 1. The van der Waals surface area contributed by atoms with E-state index in [0.717, 1.165) is 22.1 Å². The largest absolute Gasteiger partial charge is 0.310 e. The zero-order valence-electron chi connectivity index (χ0n) is 11.4. The average Bonchev–Trinajstić information content (AvgIpc) is 3.25. The fourth-order valence-electron chi connectivity index (χ4n) is 2.03. The van der Waals surface area contributed by atoms with Gasteiger partial charge in [0.2, 0.25) is 0 Å². The fraction of sp³-hybridized carbons (Fsp3) is 0.312. The Labute approximate surface area is 132 Å². The van der Waals surface area contributed by atoms with Gasteiger partial charge in [-0.15, -0.1) is 0 Å². The molecule has 1 heterocycles. The lowest BCUT2D eigenvalue weighted by Crippen LogP contribution is -2.15. The first-order chi connectivity index (χ1) is 9.72. The number of rotatable bonds is 5. The van der Waals surface area contributed by atoms with Crippen molar-refractivity contribution >= 4 is 27.7 Å². The van der Waals surface area contributed by atoms with Crippen LogP contribution in [0.4, 0.5) is 0 Å². The summed E-state index contributed by atoms with van der Waals surface area (Å²) >= 11 is 5.24. The Kier molecular flexibility index (Phi) is 4.44. The molecule has 4 heteroatoms. The van der Waals surface area contributed by atoms with Crippen molar-refractivity contribution in [1.82, 2.24) is 10.3 Å². The first-order valence-electron chi connectivity index (χ1n) is 6.83. The second-order valence-electron chi connectivity index (χ2n) is 5.14. The Morgan fingerprint density at radius 2 is 2.20 bits per heavy atom. The summed E-state index contributed by atoms with van der Waals surface area (Å²) in [4.78, 5) is 5.63. The molecule has 0 bridgehead atoms. The summed E-state index contributed by atoms with van der Waals surface area (Å²) in [7, 11) is 0. The van der Waals surface area contributed by atoms with Crippen LogP contribution >= 0.6 is 27.7 Å². The molecule has 20 heavy (non-hydrogen) atoms. The molecule has 2 nitrogen and oxygen atoms in total. The third kappa shape index (κ3) is 3.62. The highest BCUT2D eigenvalue weighted by atomic mass is 79.9. The van der Waals surface area contributed by atoms with Gasteiger partial charge in [-0.25, -0.2) is 4.98 Å². The number of nitrogens with zero attached hydrogens (tertiary/aromatic N) is 1. The smallest absolute Gasteiger partial charge is 0.115 e. The highest BCUT2D eigenvalue weighted by Crippen LogP contribution is 2.32. The van der Waals surface area contributed by atoms with E-state index >= 15 is 0 Å². The van der Waals surface area contributed by atoms with E-state index in [1.807, 2.05) is 18.3 Å². The van der Waals surface area contributed by atoms with Gasteiger partial charge in [0.25, 0.3) is 0 Å². The normalized spacial score (nSPS) is 14.5. The molecule has 0 unspecified atom stereocenters. The summed E-state index contributed by atoms with van der Waals surface area (Å²) in [5.74, 6) is 0. The molecule has 1 aromatic carbocycles. The maximum Gasteiger partial charge on any atom is 0.115 e. The molecule has 0 spiro atoms. The van der Waals surface area contributed by atoms with Crippen molar-refractivity contribution in [1.29, 1.82) is 0 Å². The van der Waals surface area contributed by atoms with Crippen molar-refractivity contribution < 1.29 is 0 Å². The third-order valence-corrected chi connectivity index (χ3v) is 5.32. The minimum atomic E-state index is 0.757. The Morgan fingerprint density at radius 1 is 1.35 bits per heavy atom. The van der Waals surface area contributed by atoms with E-state index in [-0.39, 0.29) is 0 Å². The highest BCUT2D eigenvalue weighted by Gasteiger charge is 2.20. The van der Waals surface area contributed by atoms with Crippen LogP contribution in [-0.4, -0.2) is 11.0 Å². The van der Waals surface area contributed by atoms with Gasteiger partial charge in [0, 0.05) is 23.7 Å². The molecule has 1 N–H and O–H groups in total. The number of halogens is 1. The van der Waals surface area contributed by atoms with Crippen molar-refractivity contribution in [3.8, 4) is 0 Å². The second kappa shape index (κ2) is 6.29. The van der Waals surface area contributed by atoms with Gasteiger partial charge in [-0.3, -0.25) is 0 Å². The first kappa shape index (κ1) is 14.1. The molecular weight excluding hydrogens is 332 g/mol. The molecule has 1 aromatic heterocycles. The molecule has 0 amide bonds. The van der Waals surface area contributed by atoms with Crippen molar-refractivity contribution in [2.75, 3.05) is 0 Å².